The van der Waals surface area contributed by atoms with Gasteiger partial charge in [-0.15, -0.1) is 0 Å². The second-order valence-electron chi connectivity index (χ2n) is 6.78. The third kappa shape index (κ3) is 10.8. The number of hydrogen-bond acceptors (Lipinski definition) is 11. The van der Waals surface area contributed by atoms with Gasteiger partial charge in [-0.3, -0.25) is 0 Å². The maximum absolute atomic E-state index is 11.2. The Balaban J connectivity index is 0.000000317. The minimum atomic E-state index is -3.26. The van der Waals surface area contributed by atoms with E-state index in [9.17, 15) is 8.42 Å². The number of sulfone groups is 1. The highest BCUT2D eigenvalue weighted by atomic mass is 35.5. The summed E-state index contributed by atoms with van der Waals surface area (Å²) in [6, 6.07) is 0. The molecule has 0 aromatic carbocycles. The number of rotatable bonds is 6. The normalized spacial score (nSPS) is 15.7. The van der Waals surface area contributed by atoms with Crippen molar-refractivity contribution in [2.24, 2.45) is 5.73 Å². The molecule has 15 heteroatoms. The van der Waals surface area contributed by atoms with E-state index in [1.54, 1.807) is 19.5 Å². The summed E-state index contributed by atoms with van der Waals surface area (Å²) in [5.41, 5.74) is 9.11. The van der Waals surface area contributed by atoms with E-state index >= 15 is 0 Å². The van der Waals surface area contributed by atoms with Crippen molar-refractivity contribution in [1.82, 2.24) is 25.3 Å². The molecule has 192 valence electrons. The first kappa shape index (κ1) is 30.6. The van der Waals surface area contributed by atoms with Crippen LogP contribution in [0.15, 0.2) is 35.8 Å². The Morgan fingerprint density at radius 3 is 2.20 bits per heavy atom. The number of nitrogens with one attached hydrogen (secondary N) is 1. The predicted molar refractivity (Wildman–Crippen MR) is 135 cm³/mol. The lowest BCUT2D eigenvalue weighted by Crippen LogP contribution is -2.34. The Labute approximate surface area is 217 Å². The minimum Gasteiger partial charge on any atom is -0.396 e. The second-order valence-corrected chi connectivity index (χ2v) is 9.83. The van der Waals surface area contributed by atoms with Gasteiger partial charge in [0.25, 0.3) is 0 Å². The summed E-state index contributed by atoms with van der Waals surface area (Å²) in [7, 11) is -1.56. The molecule has 3 N–H and O–H groups in total. The van der Waals surface area contributed by atoms with Crippen molar-refractivity contribution in [3.8, 4) is 0 Å². The highest BCUT2D eigenvalue weighted by Crippen LogP contribution is 2.27. The molecule has 1 aliphatic heterocycles. The molecule has 0 aliphatic carbocycles. The third-order valence-electron chi connectivity index (χ3n) is 4.58. The van der Waals surface area contributed by atoms with Gasteiger partial charge in [-0.2, -0.15) is 8.42 Å². The molecule has 3 rings (SSSR count). The van der Waals surface area contributed by atoms with Gasteiger partial charge in [0.1, 0.15) is 27.9 Å². The molecule has 0 bridgehead atoms. The molecule has 1 unspecified atom stereocenters. The first-order chi connectivity index (χ1) is 16.6. The fourth-order valence-electron chi connectivity index (χ4n) is 2.79. The molecule has 0 spiro atoms. The van der Waals surface area contributed by atoms with Gasteiger partial charge in [0.2, 0.25) is 0 Å². The van der Waals surface area contributed by atoms with Crippen LogP contribution in [-0.4, -0.2) is 55.9 Å². The van der Waals surface area contributed by atoms with E-state index in [1.165, 1.54) is 24.9 Å². The monoisotopic (exact) mass is 564 g/mol. The number of hydrogen-bond donors (Lipinski definition) is 2. The standard InChI is InChI=1S/C12H16ClN3O.C8H10ClN3O2S.O2S/c1-3-8-4-5-11(17-2)16-12(8)9-6-15-10(13)7-14-9;1-2-15(13,14)5-6(10)7-3-12-8(9)4-11-7;1-3-2/h6-7,11,16H,3-5H2,1-2H3;3-5H,2,10H2,1H3;. The van der Waals surface area contributed by atoms with Gasteiger partial charge in [0.15, 0.2) is 9.84 Å². The van der Waals surface area contributed by atoms with Crippen LogP contribution in [0, 0.1) is 0 Å². The quantitative estimate of drug-likeness (QED) is 0.529. The summed E-state index contributed by atoms with van der Waals surface area (Å²) in [5.74, 6) is -0.00524. The van der Waals surface area contributed by atoms with E-state index in [2.05, 4.69) is 32.2 Å². The fourth-order valence-corrected chi connectivity index (χ4v) is 3.66. The lowest BCUT2D eigenvalue weighted by Gasteiger charge is -2.27. The van der Waals surface area contributed by atoms with Gasteiger partial charge in [0, 0.05) is 7.11 Å². The van der Waals surface area contributed by atoms with Gasteiger partial charge in [-0.1, -0.05) is 37.0 Å². The average molecular weight is 566 g/mol. The molecule has 1 atom stereocenters. The first-order valence-electron chi connectivity index (χ1n) is 10.2. The van der Waals surface area contributed by atoms with Crippen molar-refractivity contribution >= 4 is 56.0 Å². The van der Waals surface area contributed by atoms with E-state index in [0.29, 0.717) is 5.15 Å². The van der Waals surface area contributed by atoms with E-state index in [0.717, 1.165) is 36.1 Å². The van der Waals surface area contributed by atoms with E-state index < -0.39 is 21.4 Å². The molecule has 0 saturated heterocycles. The van der Waals surface area contributed by atoms with E-state index in [1.807, 2.05) is 0 Å². The zero-order valence-corrected chi connectivity index (χ0v) is 22.4. The minimum absolute atomic E-state index is 0.00524. The van der Waals surface area contributed by atoms with E-state index in [4.69, 9.17) is 42.1 Å². The molecule has 0 amide bonds. The topological polar surface area (TPSA) is 167 Å². The number of ether oxygens (including phenoxy) is 1. The number of allylic oxidation sites excluding steroid dienone is 1. The smallest absolute Gasteiger partial charge is 0.335 e. The number of nitrogens with zero attached hydrogens (tertiary/aromatic N) is 4. The largest absolute Gasteiger partial charge is 0.396 e. The van der Waals surface area contributed by atoms with Crippen molar-refractivity contribution < 1.29 is 21.6 Å². The number of halogens is 2. The fraction of sp³-hybridized carbons (Fsp3) is 0.400. The molecule has 2 aromatic heterocycles. The zero-order chi connectivity index (χ0) is 26.4. The molecule has 0 fully saturated rings. The summed E-state index contributed by atoms with van der Waals surface area (Å²) in [6.45, 7) is 3.68. The number of aromatic nitrogens is 4. The molecule has 11 nitrogen and oxygen atoms in total. The van der Waals surface area contributed by atoms with Crippen LogP contribution >= 0.6 is 23.2 Å². The predicted octanol–water partition coefficient (Wildman–Crippen LogP) is 2.76. The molecule has 0 radical (unpaired) electrons. The number of methoxy groups -OCH3 is 1. The molecule has 3 heterocycles. The Hall–Kier alpha value is -2.45. The third-order valence-corrected chi connectivity index (χ3v) is 6.39. The Bertz CT molecular complexity index is 1150. The Kier molecular flexibility index (Phi) is 13.6. The van der Waals surface area contributed by atoms with Gasteiger partial charge in [-0.25, -0.2) is 28.4 Å². The summed E-state index contributed by atoms with van der Waals surface area (Å²) in [4.78, 5) is 15.9. The van der Waals surface area contributed by atoms with Gasteiger partial charge in [0.05, 0.1) is 47.3 Å². The highest BCUT2D eigenvalue weighted by molar-refractivity contribution is 7.94. The molecular formula is C20H26Cl2N6O5S2. The van der Waals surface area contributed by atoms with Crippen molar-refractivity contribution in [2.75, 3.05) is 12.9 Å². The van der Waals surface area contributed by atoms with Gasteiger partial charge < -0.3 is 15.8 Å². The lowest BCUT2D eigenvalue weighted by molar-refractivity contribution is 0.0771. The maximum atomic E-state index is 11.2. The van der Waals surface area contributed by atoms with E-state index in [-0.39, 0.29) is 28.5 Å². The summed E-state index contributed by atoms with van der Waals surface area (Å²) in [6.07, 6.45) is 8.95. The lowest BCUT2D eigenvalue weighted by atomic mass is 9.99. The van der Waals surface area contributed by atoms with Crippen LogP contribution in [0.1, 0.15) is 44.5 Å². The second kappa shape index (κ2) is 15.5. The summed E-state index contributed by atoms with van der Waals surface area (Å²) < 4.78 is 44.4. The molecule has 1 aliphatic rings. The average Bonchev–Trinajstić information content (AvgIpc) is 2.85. The van der Waals surface area contributed by atoms with Crippen LogP contribution < -0.4 is 11.1 Å². The Morgan fingerprint density at radius 2 is 1.74 bits per heavy atom. The van der Waals surface area contributed by atoms with Gasteiger partial charge >= 0.3 is 11.6 Å². The van der Waals surface area contributed by atoms with Crippen LogP contribution in [0.4, 0.5) is 0 Å². The summed E-state index contributed by atoms with van der Waals surface area (Å²) in [5, 5.41) is 4.96. The van der Waals surface area contributed by atoms with Crippen molar-refractivity contribution in [1.29, 1.82) is 0 Å². The van der Waals surface area contributed by atoms with Gasteiger partial charge in [-0.05, 0) is 24.8 Å². The van der Waals surface area contributed by atoms with Crippen molar-refractivity contribution in [3.63, 3.8) is 0 Å². The number of nitrogens with two attached hydrogens (primary N) is 1. The first-order valence-corrected chi connectivity index (χ1v) is 13.3. The molecule has 35 heavy (non-hydrogen) atoms. The molecular weight excluding hydrogens is 539 g/mol. The highest BCUT2D eigenvalue weighted by Gasteiger charge is 2.20. The zero-order valence-electron chi connectivity index (χ0n) is 19.3. The SMILES string of the molecule is CCC1=C(c2cnc(Cl)cn2)NC(OC)CC1.CCS(=O)(=O)C=C(N)c1cnc(Cl)cn1.O=S=O. The summed E-state index contributed by atoms with van der Waals surface area (Å²) >= 11 is 10.5. The van der Waals surface area contributed by atoms with Crippen molar-refractivity contribution in [3.05, 3.63) is 57.5 Å². The van der Waals surface area contributed by atoms with Crippen LogP contribution in [0.3, 0.4) is 0 Å². The van der Waals surface area contributed by atoms with Crippen LogP contribution in [0.25, 0.3) is 11.4 Å². The molecule has 0 saturated carbocycles. The van der Waals surface area contributed by atoms with Crippen molar-refractivity contribution in [2.45, 2.75) is 39.3 Å². The van der Waals surface area contributed by atoms with Crippen LogP contribution in [0.5, 0.6) is 0 Å². The van der Waals surface area contributed by atoms with Crippen LogP contribution in [0.2, 0.25) is 10.3 Å². The van der Waals surface area contributed by atoms with Crippen LogP contribution in [-0.2, 0) is 26.1 Å². The Morgan fingerprint density at radius 1 is 1.14 bits per heavy atom. The molecule has 2 aromatic rings. The maximum Gasteiger partial charge on any atom is 0.335 e.